The number of likely N-dealkylation sites (tertiary alicyclic amines) is 1. The van der Waals surface area contributed by atoms with Crippen molar-refractivity contribution in [1.82, 2.24) is 19.7 Å². The van der Waals surface area contributed by atoms with Crippen LogP contribution in [0.3, 0.4) is 0 Å². The quantitative estimate of drug-likeness (QED) is 0.859. The molecule has 21 heavy (non-hydrogen) atoms. The van der Waals surface area contributed by atoms with Crippen LogP contribution in [0.4, 0.5) is 4.79 Å². The number of hydrogen-bond donors (Lipinski definition) is 0. The normalized spacial score (nSPS) is 19.3. The Labute approximate surface area is 126 Å². The molecule has 1 aromatic heterocycles. The first-order valence-corrected chi connectivity index (χ1v) is 7.65. The standard InChI is InChI=1S/C15H26N4O2/c1-11(2)9-18-10-16-17-13(18)12-7-6-8-19(12)14(20)21-15(3,4)5/h10-12H,6-9H2,1-5H3/t12-/m0/s1. The Balaban J connectivity index is 2.15. The Bertz CT molecular complexity index is 490. The summed E-state index contributed by atoms with van der Waals surface area (Å²) in [7, 11) is 0. The molecule has 0 unspecified atom stereocenters. The van der Waals surface area contributed by atoms with Crippen LogP contribution in [-0.4, -0.2) is 37.9 Å². The molecule has 6 heteroatoms. The molecule has 1 aromatic rings. The molecule has 2 heterocycles. The van der Waals surface area contributed by atoms with E-state index in [4.69, 9.17) is 4.74 Å². The van der Waals surface area contributed by atoms with Crippen molar-refractivity contribution >= 4 is 6.09 Å². The molecule has 0 spiro atoms. The third kappa shape index (κ3) is 3.95. The number of hydrogen-bond acceptors (Lipinski definition) is 4. The number of nitrogens with zero attached hydrogens (tertiary/aromatic N) is 4. The largest absolute Gasteiger partial charge is 0.444 e. The smallest absolute Gasteiger partial charge is 0.410 e. The highest BCUT2D eigenvalue weighted by Gasteiger charge is 2.35. The van der Waals surface area contributed by atoms with Gasteiger partial charge in [-0.25, -0.2) is 4.79 Å². The lowest BCUT2D eigenvalue weighted by Gasteiger charge is -2.28. The van der Waals surface area contributed by atoms with Crippen molar-refractivity contribution in [2.75, 3.05) is 6.54 Å². The van der Waals surface area contributed by atoms with E-state index in [-0.39, 0.29) is 12.1 Å². The first-order chi connectivity index (χ1) is 9.78. The van der Waals surface area contributed by atoms with Gasteiger partial charge in [0.1, 0.15) is 11.9 Å². The summed E-state index contributed by atoms with van der Waals surface area (Å²) in [5.41, 5.74) is -0.476. The molecule has 1 fully saturated rings. The van der Waals surface area contributed by atoms with Crippen LogP contribution in [0.1, 0.15) is 59.3 Å². The van der Waals surface area contributed by atoms with E-state index in [0.717, 1.165) is 25.2 Å². The average molecular weight is 294 g/mol. The van der Waals surface area contributed by atoms with Crippen LogP contribution in [0.2, 0.25) is 0 Å². The fraction of sp³-hybridized carbons (Fsp3) is 0.800. The third-order valence-electron chi connectivity index (χ3n) is 3.39. The lowest BCUT2D eigenvalue weighted by Crippen LogP contribution is -2.37. The zero-order chi connectivity index (χ0) is 15.6. The van der Waals surface area contributed by atoms with Crippen molar-refractivity contribution in [3.8, 4) is 0 Å². The molecule has 1 aliphatic rings. The predicted molar refractivity (Wildman–Crippen MR) is 79.8 cm³/mol. The minimum Gasteiger partial charge on any atom is -0.444 e. The molecule has 0 radical (unpaired) electrons. The highest BCUT2D eigenvalue weighted by molar-refractivity contribution is 5.69. The molecule has 0 aliphatic carbocycles. The minimum absolute atomic E-state index is 0.0268. The number of carbonyl (C=O) groups excluding carboxylic acids is 1. The van der Waals surface area contributed by atoms with Crippen molar-refractivity contribution in [1.29, 1.82) is 0 Å². The lowest BCUT2D eigenvalue weighted by molar-refractivity contribution is 0.0215. The fourth-order valence-electron chi connectivity index (χ4n) is 2.63. The summed E-state index contributed by atoms with van der Waals surface area (Å²) in [5, 5.41) is 8.27. The van der Waals surface area contributed by atoms with Gasteiger partial charge in [-0.2, -0.15) is 0 Å². The molecule has 1 aliphatic heterocycles. The lowest BCUT2D eigenvalue weighted by atomic mass is 10.2. The number of rotatable bonds is 3. The maximum atomic E-state index is 12.3. The molecule has 1 atom stereocenters. The zero-order valence-corrected chi connectivity index (χ0v) is 13.7. The number of amides is 1. The van der Waals surface area contributed by atoms with Gasteiger partial charge in [0.15, 0.2) is 5.82 Å². The molecule has 0 aromatic carbocycles. The van der Waals surface area contributed by atoms with E-state index in [9.17, 15) is 4.79 Å². The van der Waals surface area contributed by atoms with Gasteiger partial charge in [-0.05, 0) is 39.5 Å². The highest BCUT2D eigenvalue weighted by atomic mass is 16.6. The van der Waals surface area contributed by atoms with Crippen molar-refractivity contribution in [2.24, 2.45) is 5.92 Å². The van der Waals surface area contributed by atoms with Crippen molar-refractivity contribution in [3.05, 3.63) is 12.2 Å². The molecule has 0 N–H and O–H groups in total. The van der Waals surface area contributed by atoms with Crippen LogP contribution in [0.15, 0.2) is 6.33 Å². The van der Waals surface area contributed by atoms with Crippen LogP contribution < -0.4 is 0 Å². The molecule has 118 valence electrons. The van der Waals surface area contributed by atoms with E-state index in [1.54, 1.807) is 11.2 Å². The van der Waals surface area contributed by atoms with Crippen molar-refractivity contribution < 1.29 is 9.53 Å². The zero-order valence-electron chi connectivity index (χ0n) is 13.7. The summed E-state index contributed by atoms with van der Waals surface area (Å²) in [4.78, 5) is 14.1. The Morgan fingerprint density at radius 1 is 1.48 bits per heavy atom. The second-order valence-electron chi connectivity index (χ2n) is 7.07. The summed E-state index contributed by atoms with van der Waals surface area (Å²) < 4.78 is 7.55. The van der Waals surface area contributed by atoms with E-state index >= 15 is 0 Å². The van der Waals surface area contributed by atoms with E-state index in [1.807, 2.05) is 20.8 Å². The number of ether oxygens (including phenoxy) is 1. The Kier molecular flexibility index (Phi) is 4.54. The summed E-state index contributed by atoms with van der Waals surface area (Å²) in [6, 6.07) is -0.0268. The SMILES string of the molecule is CC(C)Cn1cnnc1[C@@H]1CCCN1C(=O)OC(C)(C)C. The Morgan fingerprint density at radius 2 is 2.19 bits per heavy atom. The molecule has 0 bridgehead atoms. The van der Waals surface area contributed by atoms with Gasteiger partial charge in [0, 0.05) is 13.1 Å². The molecule has 1 amide bonds. The van der Waals surface area contributed by atoms with Gasteiger partial charge in [-0.3, -0.25) is 4.90 Å². The second kappa shape index (κ2) is 6.03. The molecular formula is C15H26N4O2. The highest BCUT2D eigenvalue weighted by Crippen LogP contribution is 2.32. The van der Waals surface area contributed by atoms with Gasteiger partial charge in [0.05, 0.1) is 6.04 Å². The summed E-state index contributed by atoms with van der Waals surface area (Å²) in [6.07, 6.45) is 3.37. The van der Waals surface area contributed by atoms with Gasteiger partial charge in [-0.15, -0.1) is 10.2 Å². The molecule has 0 saturated carbocycles. The monoisotopic (exact) mass is 294 g/mol. The molecule has 2 rings (SSSR count). The minimum atomic E-state index is -0.476. The third-order valence-corrected chi connectivity index (χ3v) is 3.39. The summed E-state index contributed by atoms with van der Waals surface area (Å²) in [6.45, 7) is 11.6. The molecular weight excluding hydrogens is 268 g/mol. The van der Waals surface area contributed by atoms with Gasteiger partial charge >= 0.3 is 6.09 Å². The maximum Gasteiger partial charge on any atom is 0.410 e. The van der Waals surface area contributed by atoms with Gasteiger partial charge in [-0.1, -0.05) is 13.8 Å². The van der Waals surface area contributed by atoms with Crippen LogP contribution in [0.25, 0.3) is 0 Å². The number of carbonyl (C=O) groups is 1. The first kappa shape index (κ1) is 15.8. The predicted octanol–water partition coefficient (Wildman–Crippen LogP) is 3.01. The van der Waals surface area contributed by atoms with E-state index in [1.165, 1.54) is 0 Å². The number of aromatic nitrogens is 3. The van der Waals surface area contributed by atoms with E-state index < -0.39 is 5.60 Å². The van der Waals surface area contributed by atoms with Gasteiger partial charge in [0.25, 0.3) is 0 Å². The summed E-state index contributed by atoms with van der Waals surface area (Å²) in [5.74, 6) is 1.38. The molecule has 1 saturated heterocycles. The van der Waals surface area contributed by atoms with Crippen LogP contribution in [0, 0.1) is 5.92 Å². The Morgan fingerprint density at radius 3 is 2.81 bits per heavy atom. The van der Waals surface area contributed by atoms with Crippen LogP contribution >= 0.6 is 0 Å². The van der Waals surface area contributed by atoms with Gasteiger partial charge in [0.2, 0.25) is 0 Å². The van der Waals surface area contributed by atoms with Crippen LogP contribution in [0.5, 0.6) is 0 Å². The Hall–Kier alpha value is -1.59. The molecule has 6 nitrogen and oxygen atoms in total. The van der Waals surface area contributed by atoms with Crippen LogP contribution in [-0.2, 0) is 11.3 Å². The maximum absolute atomic E-state index is 12.3. The van der Waals surface area contributed by atoms with Gasteiger partial charge < -0.3 is 9.30 Å². The average Bonchev–Trinajstić information content (AvgIpc) is 2.92. The fourth-order valence-corrected chi connectivity index (χ4v) is 2.63. The van der Waals surface area contributed by atoms with Crippen molar-refractivity contribution in [2.45, 2.75) is 65.6 Å². The van der Waals surface area contributed by atoms with Crippen molar-refractivity contribution in [3.63, 3.8) is 0 Å². The first-order valence-electron chi connectivity index (χ1n) is 7.65. The topological polar surface area (TPSA) is 60.2 Å². The summed E-state index contributed by atoms with van der Waals surface area (Å²) >= 11 is 0. The second-order valence-corrected chi connectivity index (χ2v) is 7.07. The van der Waals surface area contributed by atoms with E-state index in [0.29, 0.717) is 12.5 Å². The van der Waals surface area contributed by atoms with E-state index in [2.05, 4.69) is 28.6 Å².